The Morgan fingerprint density at radius 2 is 2.04 bits per heavy atom. The van der Waals surface area contributed by atoms with Crippen LogP contribution in [0, 0.1) is 12.8 Å². The highest BCUT2D eigenvalue weighted by molar-refractivity contribution is 5.97. The van der Waals surface area contributed by atoms with Crippen LogP contribution in [-0.4, -0.2) is 29.8 Å². The third-order valence-electron chi connectivity index (χ3n) is 4.16. The van der Waals surface area contributed by atoms with E-state index in [-0.39, 0.29) is 24.3 Å². The molecule has 2 N–H and O–H groups in total. The van der Waals surface area contributed by atoms with Crippen molar-refractivity contribution in [2.75, 3.05) is 11.9 Å². The van der Waals surface area contributed by atoms with Gasteiger partial charge in [0.25, 0.3) is 12.3 Å². The molecule has 3 rings (SSSR count). The van der Waals surface area contributed by atoms with E-state index in [1.165, 1.54) is 12.3 Å². The second-order valence-electron chi connectivity index (χ2n) is 6.73. The quantitative estimate of drug-likeness (QED) is 0.726. The van der Waals surface area contributed by atoms with Gasteiger partial charge in [-0.2, -0.15) is 0 Å². The zero-order valence-corrected chi connectivity index (χ0v) is 15.4. The highest BCUT2D eigenvalue weighted by atomic mass is 19.3. The Hall–Kier alpha value is -3.03. The smallest absolute Gasteiger partial charge is 0.272 e. The van der Waals surface area contributed by atoms with E-state index in [1.807, 2.05) is 13.0 Å². The first kappa shape index (κ1) is 19.7. The van der Waals surface area contributed by atoms with Crippen molar-refractivity contribution in [2.24, 2.45) is 5.92 Å². The molecule has 1 aliphatic carbocycles. The maximum atomic E-state index is 12.4. The Kier molecular flexibility index (Phi) is 6.18. The second-order valence-corrected chi connectivity index (χ2v) is 6.73. The minimum Gasteiger partial charge on any atom is -0.488 e. The largest absolute Gasteiger partial charge is 0.488 e. The van der Waals surface area contributed by atoms with Gasteiger partial charge in [0.1, 0.15) is 18.2 Å². The Bertz CT molecular complexity index is 870. The molecule has 1 aromatic heterocycles. The monoisotopic (exact) mass is 389 g/mol. The zero-order chi connectivity index (χ0) is 20.1. The number of anilines is 1. The number of aryl methyl sites for hydroxylation is 1. The summed E-state index contributed by atoms with van der Waals surface area (Å²) in [4.78, 5) is 28.3. The SMILES string of the molecule is Cc1cc(CNC(=O)c2ccnc(NC(=O)C3CC3)c2)cc(OCC(F)F)c1. The molecular weight excluding hydrogens is 368 g/mol. The summed E-state index contributed by atoms with van der Waals surface area (Å²) in [5, 5.41) is 5.47. The lowest BCUT2D eigenvalue weighted by molar-refractivity contribution is -0.117. The number of carbonyl (C=O) groups is 2. The van der Waals surface area contributed by atoms with Gasteiger partial charge in [0.15, 0.2) is 0 Å². The molecule has 0 saturated heterocycles. The van der Waals surface area contributed by atoms with Crippen molar-refractivity contribution in [3.05, 3.63) is 53.2 Å². The fraction of sp³-hybridized carbons (Fsp3) is 0.350. The summed E-state index contributed by atoms with van der Waals surface area (Å²) in [5.41, 5.74) is 1.93. The van der Waals surface area contributed by atoms with Gasteiger partial charge in [0.05, 0.1) is 0 Å². The number of halogens is 2. The molecule has 1 heterocycles. The Morgan fingerprint density at radius 3 is 2.75 bits per heavy atom. The van der Waals surface area contributed by atoms with Gasteiger partial charge in [0.2, 0.25) is 5.91 Å². The third-order valence-corrected chi connectivity index (χ3v) is 4.16. The molecule has 0 radical (unpaired) electrons. The minimum atomic E-state index is -2.55. The van der Waals surface area contributed by atoms with E-state index in [2.05, 4.69) is 15.6 Å². The number of ether oxygens (including phenoxy) is 1. The summed E-state index contributed by atoms with van der Waals surface area (Å²) in [5.74, 6) is 0.297. The van der Waals surface area contributed by atoms with Crippen LogP contribution in [0.4, 0.5) is 14.6 Å². The van der Waals surface area contributed by atoms with Crippen molar-refractivity contribution in [2.45, 2.75) is 32.7 Å². The first-order chi connectivity index (χ1) is 13.4. The second kappa shape index (κ2) is 8.77. The van der Waals surface area contributed by atoms with Gasteiger partial charge in [-0.3, -0.25) is 9.59 Å². The topological polar surface area (TPSA) is 80.3 Å². The fourth-order valence-electron chi connectivity index (χ4n) is 2.67. The van der Waals surface area contributed by atoms with Crippen LogP contribution in [-0.2, 0) is 11.3 Å². The average Bonchev–Trinajstić information content (AvgIpc) is 3.49. The number of pyridine rings is 1. The predicted molar refractivity (Wildman–Crippen MR) is 99.4 cm³/mol. The van der Waals surface area contributed by atoms with E-state index < -0.39 is 13.0 Å². The number of carbonyl (C=O) groups excluding carboxylic acids is 2. The molecule has 0 bridgehead atoms. The first-order valence-corrected chi connectivity index (χ1v) is 8.97. The first-order valence-electron chi connectivity index (χ1n) is 8.97. The summed E-state index contributed by atoms with van der Waals surface area (Å²) < 4.78 is 29.7. The number of alkyl halides is 2. The molecule has 6 nitrogen and oxygen atoms in total. The number of amides is 2. The van der Waals surface area contributed by atoms with Gasteiger partial charge >= 0.3 is 0 Å². The van der Waals surface area contributed by atoms with Crippen LogP contribution in [0.25, 0.3) is 0 Å². The van der Waals surface area contributed by atoms with Crippen LogP contribution >= 0.6 is 0 Å². The van der Waals surface area contributed by atoms with E-state index >= 15 is 0 Å². The van der Waals surface area contributed by atoms with Crippen LogP contribution < -0.4 is 15.4 Å². The maximum absolute atomic E-state index is 12.4. The molecule has 2 amide bonds. The van der Waals surface area contributed by atoms with Gasteiger partial charge in [0, 0.05) is 24.2 Å². The molecule has 1 aromatic carbocycles. The van der Waals surface area contributed by atoms with E-state index in [9.17, 15) is 18.4 Å². The molecule has 0 aliphatic heterocycles. The van der Waals surface area contributed by atoms with Crippen LogP contribution in [0.15, 0.2) is 36.5 Å². The lowest BCUT2D eigenvalue weighted by Crippen LogP contribution is -2.23. The van der Waals surface area contributed by atoms with Crippen molar-refractivity contribution in [3.63, 3.8) is 0 Å². The van der Waals surface area contributed by atoms with E-state index in [1.54, 1.807) is 18.2 Å². The molecular formula is C20H21F2N3O3. The van der Waals surface area contributed by atoms with Gasteiger partial charge in [-0.1, -0.05) is 6.07 Å². The van der Waals surface area contributed by atoms with Crippen molar-refractivity contribution < 1.29 is 23.1 Å². The van der Waals surface area contributed by atoms with Crippen molar-refractivity contribution in [1.29, 1.82) is 0 Å². The summed E-state index contributed by atoms with van der Waals surface area (Å²) >= 11 is 0. The number of hydrogen-bond acceptors (Lipinski definition) is 4. The fourth-order valence-corrected chi connectivity index (χ4v) is 2.67. The molecule has 148 valence electrons. The van der Waals surface area contributed by atoms with Crippen LogP contribution in [0.1, 0.15) is 34.3 Å². The van der Waals surface area contributed by atoms with Crippen molar-refractivity contribution in [1.82, 2.24) is 10.3 Å². The van der Waals surface area contributed by atoms with Crippen LogP contribution in [0.3, 0.4) is 0 Å². The Labute approximate surface area is 161 Å². The maximum Gasteiger partial charge on any atom is 0.272 e. The Balaban J connectivity index is 1.60. The molecule has 1 aliphatic rings. The molecule has 0 atom stereocenters. The number of hydrogen-bond donors (Lipinski definition) is 2. The summed E-state index contributed by atoms with van der Waals surface area (Å²) in [7, 11) is 0. The number of rotatable bonds is 8. The van der Waals surface area contributed by atoms with Gasteiger partial charge in [-0.25, -0.2) is 13.8 Å². The zero-order valence-electron chi connectivity index (χ0n) is 15.4. The highest BCUT2D eigenvalue weighted by Crippen LogP contribution is 2.30. The van der Waals surface area contributed by atoms with Gasteiger partial charge < -0.3 is 15.4 Å². The van der Waals surface area contributed by atoms with Crippen LogP contribution in [0.2, 0.25) is 0 Å². The van der Waals surface area contributed by atoms with Gasteiger partial charge in [-0.15, -0.1) is 0 Å². The predicted octanol–water partition coefficient (Wildman–Crippen LogP) is 3.31. The van der Waals surface area contributed by atoms with Crippen molar-refractivity contribution >= 4 is 17.6 Å². The molecule has 1 saturated carbocycles. The normalized spacial score (nSPS) is 13.3. The number of aromatic nitrogens is 1. The lowest BCUT2D eigenvalue weighted by atomic mass is 10.1. The average molecular weight is 389 g/mol. The number of benzene rings is 1. The summed E-state index contributed by atoms with van der Waals surface area (Å²) in [6.07, 6.45) is 0.669. The summed E-state index contributed by atoms with van der Waals surface area (Å²) in [6.45, 7) is 1.34. The molecule has 1 fully saturated rings. The highest BCUT2D eigenvalue weighted by Gasteiger charge is 2.29. The van der Waals surface area contributed by atoms with Crippen molar-refractivity contribution in [3.8, 4) is 5.75 Å². The number of nitrogens with one attached hydrogen (secondary N) is 2. The third kappa shape index (κ3) is 5.73. The number of nitrogens with zero attached hydrogens (tertiary/aromatic N) is 1. The molecule has 28 heavy (non-hydrogen) atoms. The minimum absolute atomic E-state index is 0.0436. The summed E-state index contributed by atoms with van der Waals surface area (Å²) in [6, 6.07) is 8.18. The lowest BCUT2D eigenvalue weighted by Gasteiger charge is -2.11. The molecule has 0 spiro atoms. The Morgan fingerprint density at radius 1 is 1.25 bits per heavy atom. The molecule has 2 aromatic rings. The van der Waals surface area contributed by atoms with E-state index in [0.29, 0.717) is 17.1 Å². The van der Waals surface area contributed by atoms with E-state index in [0.717, 1.165) is 24.0 Å². The van der Waals surface area contributed by atoms with E-state index in [4.69, 9.17) is 4.74 Å². The molecule has 8 heteroatoms. The standard InChI is InChI=1S/C20H21F2N3O3/c1-12-6-13(8-16(7-12)28-11-17(21)22)10-24-19(26)15-4-5-23-18(9-15)25-20(27)14-2-3-14/h4-9,14,17H,2-3,10-11H2,1H3,(H,24,26)(H,23,25,27). The van der Waals surface area contributed by atoms with Gasteiger partial charge in [-0.05, 0) is 55.2 Å². The van der Waals surface area contributed by atoms with Crippen LogP contribution in [0.5, 0.6) is 5.75 Å². The molecule has 0 unspecified atom stereocenters.